The van der Waals surface area contributed by atoms with Gasteiger partial charge in [0.05, 0.1) is 5.56 Å². The second kappa shape index (κ2) is 5.11. The van der Waals surface area contributed by atoms with E-state index in [4.69, 9.17) is 9.47 Å². The fraction of sp³-hybridized carbons (Fsp3) is 0.533. The topological polar surface area (TPSA) is 35.5 Å². The number of hydrogen-bond donors (Lipinski definition) is 0. The molecule has 0 amide bonds. The predicted octanol–water partition coefficient (Wildman–Crippen LogP) is 3.40. The number of aryl methyl sites for hydroxylation is 1. The molecular weight excluding hydrogens is 228 g/mol. The quantitative estimate of drug-likeness (QED) is 0.766. The van der Waals surface area contributed by atoms with Crippen LogP contribution < -0.4 is 0 Å². The Balaban J connectivity index is 2.42. The number of hydrogen-bond acceptors (Lipinski definition) is 3. The molecule has 1 aliphatic rings. The summed E-state index contributed by atoms with van der Waals surface area (Å²) in [5.41, 5.74) is 4.00. The Morgan fingerprint density at radius 2 is 2.11 bits per heavy atom. The molecule has 3 nitrogen and oxygen atoms in total. The summed E-state index contributed by atoms with van der Waals surface area (Å²) in [7, 11) is 1.57. The molecule has 98 valence electrons. The maximum absolute atomic E-state index is 11.7. The van der Waals surface area contributed by atoms with E-state index in [9.17, 15) is 4.79 Å². The average Bonchev–Trinajstić information content (AvgIpc) is 2.64. The monoisotopic (exact) mass is 248 g/mol. The summed E-state index contributed by atoms with van der Waals surface area (Å²) < 4.78 is 10.5. The minimum absolute atomic E-state index is 0.275. The van der Waals surface area contributed by atoms with Crippen molar-refractivity contribution in [1.29, 1.82) is 0 Å². The van der Waals surface area contributed by atoms with E-state index in [1.54, 1.807) is 7.11 Å². The first-order chi connectivity index (χ1) is 8.54. The van der Waals surface area contributed by atoms with Gasteiger partial charge in [0.1, 0.15) is 0 Å². The third kappa shape index (κ3) is 2.27. The molecule has 0 saturated heterocycles. The molecule has 1 aliphatic heterocycles. The minimum Gasteiger partial charge on any atom is -0.428 e. The Morgan fingerprint density at radius 3 is 2.72 bits per heavy atom. The summed E-state index contributed by atoms with van der Waals surface area (Å²) in [5.74, 6) is 0.363. The lowest BCUT2D eigenvalue weighted by Crippen LogP contribution is -2.05. The van der Waals surface area contributed by atoms with Crippen molar-refractivity contribution in [2.24, 2.45) is 5.92 Å². The fourth-order valence-electron chi connectivity index (χ4n) is 2.37. The molecule has 2 rings (SSSR count). The highest BCUT2D eigenvalue weighted by Crippen LogP contribution is 2.36. The van der Waals surface area contributed by atoms with Crippen LogP contribution in [-0.4, -0.2) is 13.1 Å². The van der Waals surface area contributed by atoms with Gasteiger partial charge in [-0.05, 0) is 42.9 Å². The maximum atomic E-state index is 11.7. The summed E-state index contributed by atoms with van der Waals surface area (Å²) in [6.45, 7) is 6.48. The van der Waals surface area contributed by atoms with Crippen LogP contribution in [0.5, 0.6) is 0 Å². The summed E-state index contributed by atoms with van der Waals surface area (Å²) in [5, 5.41) is 0. The van der Waals surface area contributed by atoms with Crippen LogP contribution in [0.1, 0.15) is 53.6 Å². The maximum Gasteiger partial charge on any atom is 0.341 e. The van der Waals surface area contributed by atoms with Gasteiger partial charge in [-0.25, -0.2) is 4.79 Å². The molecule has 0 bridgehead atoms. The van der Waals surface area contributed by atoms with Gasteiger partial charge in [-0.2, -0.15) is 0 Å². The average molecular weight is 248 g/mol. The fourth-order valence-corrected chi connectivity index (χ4v) is 2.37. The Kier molecular flexibility index (Phi) is 3.71. The summed E-state index contributed by atoms with van der Waals surface area (Å²) in [6, 6.07) is 3.83. The molecule has 0 spiro atoms. The Labute approximate surface area is 108 Å². The number of benzene rings is 1. The van der Waals surface area contributed by atoms with Crippen LogP contribution in [0, 0.1) is 12.8 Å². The van der Waals surface area contributed by atoms with Gasteiger partial charge >= 0.3 is 5.97 Å². The van der Waals surface area contributed by atoms with Gasteiger partial charge < -0.3 is 9.47 Å². The van der Waals surface area contributed by atoms with Crippen LogP contribution in [-0.2, 0) is 15.9 Å². The highest BCUT2D eigenvalue weighted by molar-refractivity contribution is 5.94. The zero-order chi connectivity index (χ0) is 13.3. The molecule has 0 fully saturated rings. The second-order valence-electron chi connectivity index (χ2n) is 5.23. The Hall–Kier alpha value is -1.35. The van der Waals surface area contributed by atoms with Gasteiger partial charge in [0.25, 0.3) is 0 Å². The molecule has 0 aliphatic carbocycles. The molecule has 1 atom stereocenters. The number of esters is 1. The van der Waals surface area contributed by atoms with Gasteiger partial charge in [0.2, 0.25) is 6.29 Å². The van der Waals surface area contributed by atoms with E-state index in [1.807, 2.05) is 12.1 Å². The van der Waals surface area contributed by atoms with E-state index < -0.39 is 6.29 Å². The van der Waals surface area contributed by atoms with Crippen molar-refractivity contribution in [3.63, 3.8) is 0 Å². The lowest BCUT2D eigenvalue weighted by molar-refractivity contribution is -0.0819. The van der Waals surface area contributed by atoms with E-state index in [0.29, 0.717) is 11.5 Å². The first-order valence-electron chi connectivity index (χ1n) is 6.40. The van der Waals surface area contributed by atoms with Crippen LogP contribution in [0.3, 0.4) is 0 Å². The van der Waals surface area contributed by atoms with Crippen LogP contribution in [0.4, 0.5) is 0 Å². The molecule has 1 aromatic rings. The van der Waals surface area contributed by atoms with Crippen LogP contribution >= 0.6 is 0 Å². The normalized spacial score (nSPS) is 18.1. The van der Waals surface area contributed by atoms with Gasteiger partial charge in [0.15, 0.2) is 0 Å². The highest BCUT2D eigenvalue weighted by Gasteiger charge is 2.33. The first-order valence-corrected chi connectivity index (χ1v) is 6.40. The zero-order valence-corrected chi connectivity index (χ0v) is 11.4. The van der Waals surface area contributed by atoms with E-state index in [1.165, 1.54) is 11.1 Å². The van der Waals surface area contributed by atoms with Gasteiger partial charge in [-0.1, -0.05) is 19.9 Å². The third-order valence-corrected chi connectivity index (χ3v) is 3.45. The number of carbonyl (C=O) groups excluding carboxylic acids is 1. The summed E-state index contributed by atoms with van der Waals surface area (Å²) in [4.78, 5) is 11.7. The lowest BCUT2D eigenvalue weighted by atomic mass is 9.92. The van der Waals surface area contributed by atoms with Gasteiger partial charge in [-0.15, -0.1) is 0 Å². The summed E-state index contributed by atoms with van der Waals surface area (Å²) in [6.07, 6.45) is 1.53. The molecule has 0 N–H and O–H groups in total. The smallest absolute Gasteiger partial charge is 0.341 e. The molecule has 0 aromatic heterocycles. The molecule has 0 saturated carbocycles. The highest BCUT2D eigenvalue weighted by atomic mass is 16.7. The van der Waals surface area contributed by atoms with E-state index >= 15 is 0 Å². The van der Waals surface area contributed by atoms with Crippen LogP contribution in [0.2, 0.25) is 0 Å². The zero-order valence-electron chi connectivity index (χ0n) is 11.4. The van der Waals surface area contributed by atoms with Crippen molar-refractivity contribution in [2.45, 2.75) is 39.9 Å². The van der Waals surface area contributed by atoms with Crippen molar-refractivity contribution in [2.75, 3.05) is 7.11 Å². The summed E-state index contributed by atoms with van der Waals surface area (Å²) >= 11 is 0. The predicted molar refractivity (Wildman–Crippen MR) is 69.5 cm³/mol. The molecule has 3 heteroatoms. The Bertz CT molecular complexity index is 463. The van der Waals surface area contributed by atoms with Crippen molar-refractivity contribution >= 4 is 5.97 Å². The van der Waals surface area contributed by atoms with Gasteiger partial charge in [-0.3, -0.25) is 0 Å². The number of fused-ring (bicyclic) bond motifs is 1. The number of methoxy groups -OCH3 is 1. The molecule has 1 heterocycles. The number of ether oxygens (including phenoxy) is 2. The van der Waals surface area contributed by atoms with E-state index in [0.717, 1.165) is 18.4 Å². The van der Waals surface area contributed by atoms with Crippen molar-refractivity contribution in [3.05, 3.63) is 34.4 Å². The third-order valence-electron chi connectivity index (χ3n) is 3.45. The lowest BCUT2D eigenvalue weighted by Gasteiger charge is -2.15. The number of cyclic esters (lactones) is 1. The largest absolute Gasteiger partial charge is 0.428 e. The second-order valence-corrected chi connectivity index (χ2v) is 5.23. The van der Waals surface area contributed by atoms with Crippen LogP contribution in [0.25, 0.3) is 0 Å². The molecular formula is C15H20O3. The molecule has 1 unspecified atom stereocenters. The van der Waals surface area contributed by atoms with Crippen molar-refractivity contribution in [1.82, 2.24) is 0 Å². The standard InChI is InChI=1S/C15H20O3/c1-9(2)5-7-11-10(3)6-8-12-13(11)15(17-4)18-14(12)16/h6,8-9,15H,5,7H2,1-4H3. The molecule has 0 radical (unpaired) electrons. The minimum atomic E-state index is -0.533. The van der Waals surface area contributed by atoms with Crippen molar-refractivity contribution in [3.8, 4) is 0 Å². The van der Waals surface area contributed by atoms with Gasteiger partial charge in [0, 0.05) is 12.7 Å². The number of rotatable bonds is 4. The van der Waals surface area contributed by atoms with E-state index in [-0.39, 0.29) is 5.97 Å². The van der Waals surface area contributed by atoms with E-state index in [2.05, 4.69) is 20.8 Å². The van der Waals surface area contributed by atoms with Crippen molar-refractivity contribution < 1.29 is 14.3 Å². The number of carbonyl (C=O) groups is 1. The SMILES string of the molecule is COC1OC(=O)c2ccc(C)c(CCC(C)C)c21. The Morgan fingerprint density at radius 1 is 1.39 bits per heavy atom. The van der Waals surface area contributed by atoms with Crippen LogP contribution in [0.15, 0.2) is 12.1 Å². The molecule has 18 heavy (non-hydrogen) atoms. The molecule has 1 aromatic carbocycles. The first kappa shape index (κ1) is 13.1.